The lowest BCUT2D eigenvalue weighted by Gasteiger charge is -2.34. The van der Waals surface area contributed by atoms with E-state index in [1.54, 1.807) is 0 Å². The normalized spacial score (nSPS) is 20.2. The van der Waals surface area contributed by atoms with E-state index < -0.39 is 0 Å². The molecule has 0 bridgehead atoms. The zero-order chi connectivity index (χ0) is 14.8. The van der Waals surface area contributed by atoms with Crippen LogP contribution in [-0.2, 0) is 6.54 Å². The molecule has 1 aromatic carbocycles. The first-order valence-electron chi connectivity index (χ1n) is 7.95. The SMILES string of the molecule is Cc1cc(CNC(C)(C)C)ccc1N1CCCC(C)C1. The predicted octanol–water partition coefficient (Wildman–Crippen LogP) is 4.12. The highest BCUT2D eigenvalue weighted by Crippen LogP contribution is 2.26. The maximum Gasteiger partial charge on any atom is 0.0396 e. The van der Waals surface area contributed by atoms with Gasteiger partial charge in [0, 0.05) is 30.9 Å². The molecular weight excluding hydrogens is 244 g/mol. The molecule has 0 saturated carbocycles. The largest absolute Gasteiger partial charge is 0.371 e. The van der Waals surface area contributed by atoms with Crippen LogP contribution in [0.5, 0.6) is 0 Å². The molecule has 20 heavy (non-hydrogen) atoms. The van der Waals surface area contributed by atoms with Crippen molar-refractivity contribution < 1.29 is 0 Å². The molecule has 0 aliphatic carbocycles. The van der Waals surface area contributed by atoms with Gasteiger partial charge in [-0.05, 0) is 63.6 Å². The highest BCUT2D eigenvalue weighted by Gasteiger charge is 2.18. The molecular formula is C18H30N2. The summed E-state index contributed by atoms with van der Waals surface area (Å²) in [6.45, 7) is 14.6. The number of benzene rings is 1. The lowest BCUT2D eigenvalue weighted by Crippen LogP contribution is -2.35. The number of nitrogens with zero attached hydrogens (tertiary/aromatic N) is 1. The third kappa shape index (κ3) is 4.24. The summed E-state index contributed by atoms with van der Waals surface area (Å²) in [6.07, 6.45) is 2.71. The predicted molar refractivity (Wildman–Crippen MR) is 88.4 cm³/mol. The van der Waals surface area contributed by atoms with Crippen LogP contribution in [-0.4, -0.2) is 18.6 Å². The number of anilines is 1. The van der Waals surface area contributed by atoms with Crippen LogP contribution in [0.2, 0.25) is 0 Å². The van der Waals surface area contributed by atoms with Gasteiger partial charge in [0.2, 0.25) is 0 Å². The minimum atomic E-state index is 0.175. The number of piperidine rings is 1. The average Bonchev–Trinajstić information content (AvgIpc) is 2.35. The Morgan fingerprint density at radius 2 is 2.05 bits per heavy atom. The van der Waals surface area contributed by atoms with Crippen molar-refractivity contribution >= 4 is 5.69 Å². The van der Waals surface area contributed by atoms with E-state index in [0.29, 0.717) is 0 Å². The molecule has 1 fully saturated rings. The first-order valence-corrected chi connectivity index (χ1v) is 7.95. The minimum Gasteiger partial charge on any atom is -0.371 e. The van der Waals surface area contributed by atoms with Crippen LogP contribution in [0, 0.1) is 12.8 Å². The van der Waals surface area contributed by atoms with Gasteiger partial charge in [0.1, 0.15) is 0 Å². The molecule has 1 atom stereocenters. The minimum absolute atomic E-state index is 0.175. The second-order valence-corrected chi connectivity index (χ2v) is 7.42. The van der Waals surface area contributed by atoms with E-state index in [9.17, 15) is 0 Å². The molecule has 0 aromatic heterocycles. The Balaban J connectivity index is 2.05. The molecule has 0 spiro atoms. The highest BCUT2D eigenvalue weighted by atomic mass is 15.1. The second-order valence-electron chi connectivity index (χ2n) is 7.42. The van der Waals surface area contributed by atoms with Gasteiger partial charge in [0.25, 0.3) is 0 Å². The van der Waals surface area contributed by atoms with E-state index in [1.807, 2.05) is 0 Å². The molecule has 1 unspecified atom stereocenters. The van der Waals surface area contributed by atoms with Crippen molar-refractivity contribution in [2.75, 3.05) is 18.0 Å². The van der Waals surface area contributed by atoms with Crippen LogP contribution in [0.4, 0.5) is 5.69 Å². The van der Waals surface area contributed by atoms with Crippen LogP contribution in [0.3, 0.4) is 0 Å². The molecule has 1 N–H and O–H groups in total. The van der Waals surface area contributed by atoms with Crippen LogP contribution in [0.15, 0.2) is 18.2 Å². The third-order valence-corrected chi connectivity index (χ3v) is 4.08. The monoisotopic (exact) mass is 274 g/mol. The molecule has 1 aliphatic rings. The zero-order valence-corrected chi connectivity index (χ0v) is 13.8. The van der Waals surface area contributed by atoms with Crippen molar-refractivity contribution in [1.82, 2.24) is 5.32 Å². The number of hydrogen-bond donors (Lipinski definition) is 1. The Morgan fingerprint density at radius 1 is 1.30 bits per heavy atom. The maximum absolute atomic E-state index is 3.56. The van der Waals surface area contributed by atoms with E-state index in [1.165, 1.54) is 42.7 Å². The summed E-state index contributed by atoms with van der Waals surface area (Å²) in [6, 6.07) is 6.93. The van der Waals surface area contributed by atoms with Crippen molar-refractivity contribution in [3.63, 3.8) is 0 Å². The Bertz CT molecular complexity index is 445. The summed E-state index contributed by atoms with van der Waals surface area (Å²) in [5.41, 5.74) is 4.39. The topological polar surface area (TPSA) is 15.3 Å². The zero-order valence-electron chi connectivity index (χ0n) is 13.8. The van der Waals surface area contributed by atoms with Crippen LogP contribution in [0.25, 0.3) is 0 Å². The van der Waals surface area contributed by atoms with E-state index in [-0.39, 0.29) is 5.54 Å². The molecule has 0 amide bonds. The summed E-state index contributed by atoms with van der Waals surface area (Å²) in [7, 11) is 0. The van der Waals surface area contributed by atoms with Gasteiger partial charge in [-0.15, -0.1) is 0 Å². The van der Waals surface area contributed by atoms with Crippen molar-refractivity contribution in [2.45, 2.75) is 59.5 Å². The lowest BCUT2D eigenvalue weighted by molar-refractivity contribution is 0.424. The van der Waals surface area contributed by atoms with Gasteiger partial charge in [0.15, 0.2) is 0 Å². The van der Waals surface area contributed by atoms with Crippen LogP contribution >= 0.6 is 0 Å². The van der Waals surface area contributed by atoms with Crippen molar-refractivity contribution in [2.24, 2.45) is 5.92 Å². The molecule has 2 rings (SSSR count). The Labute approximate surface area is 124 Å². The summed E-state index contributed by atoms with van der Waals surface area (Å²) >= 11 is 0. The molecule has 2 nitrogen and oxygen atoms in total. The number of rotatable bonds is 3. The fraction of sp³-hybridized carbons (Fsp3) is 0.667. The van der Waals surface area contributed by atoms with E-state index in [0.717, 1.165) is 12.5 Å². The smallest absolute Gasteiger partial charge is 0.0396 e. The van der Waals surface area contributed by atoms with E-state index in [2.05, 4.69) is 63.0 Å². The Morgan fingerprint density at radius 3 is 2.65 bits per heavy atom. The lowest BCUT2D eigenvalue weighted by atomic mass is 9.98. The molecule has 0 radical (unpaired) electrons. The van der Waals surface area contributed by atoms with Gasteiger partial charge in [-0.2, -0.15) is 0 Å². The Hall–Kier alpha value is -1.02. The van der Waals surface area contributed by atoms with Crippen molar-refractivity contribution in [3.05, 3.63) is 29.3 Å². The molecule has 2 heteroatoms. The summed E-state index contributed by atoms with van der Waals surface area (Å²) < 4.78 is 0. The van der Waals surface area contributed by atoms with E-state index in [4.69, 9.17) is 0 Å². The molecule has 1 saturated heterocycles. The fourth-order valence-corrected chi connectivity index (χ4v) is 2.96. The Kier molecular flexibility index (Phi) is 4.74. The molecule has 112 valence electrons. The maximum atomic E-state index is 3.56. The number of hydrogen-bond acceptors (Lipinski definition) is 2. The van der Waals surface area contributed by atoms with Gasteiger partial charge >= 0.3 is 0 Å². The fourth-order valence-electron chi connectivity index (χ4n) is 2.96. The molecule has 1 aromatic rings. The third-order valence-electron chi connectivity index (χ3n) is 4.08. The van der Waals surface area contributed by atoms with E-state index >= 15 is 0 Å². The van der Waals surface area contributed by atoms with Gasteiger partial charge in [0.05, 0.1) is 0 Å². The van der Waals surface area contributed by atoms with Crippen LogP contribution in [0.1, 0.15) is 51.7 Å². The molecule has 1 heterocycles. The molecule has 1 aliphatic heterocycles. The summed E-state index contributed by atoms with van der Waals surface area (Å²) in [5, 5.41) is 3.56. The first kappa shape index (κ1) is 15.4. The standard InChI is InChI=1S/C18H30N2/c1-14-7-6-10-20(13-14)17-9-8-16(11-15(17)2)12-19-18(3,4)5/h8-9,11,14,19H,6-7,10,12-13H2,1-5H3. The second kappa shape index (κ2) is 6.17. The van der Waals surface area contributed by atoms with Crippen molar-refractivity contribution in [1.29, 1.82) is 0 Å². The number of nitrogens with one attached hydrogen (secondary N) is 1. The van der Waals surface area contributed by atoms with Gasteiger partial charge in [-0.1, -0.05) is 19.1 Å². The first-order chi connectivity index (χ1) is 9.35. The van der Waals surface area contributed by atoms with Gasteiger partial charge in [-0.25, -0.2) is 0 Å². The van der Waals surface area contributed by atoms with Crippen LogP contribution < -0.4 is 10.2 Å². The summed E-state index contributed by atoms with van der Waals surface area (Å²) in [5.74, 6) is 0.824. The quantitative estimate of drug-likeness (QED) is 0.892. The number of aryl methyl sites for hydroxylation is 1. The average molecular weight is 274 g/mol. The van der Waals surface area contributed by atoms with Gasteiger partial charge < -0.3 is 10.2 Å². The summed E-state index contributed by atoms with van der Waals surface area (Å²) in [4.78, 5) is 2.56. The van der Waals surface area contributed by atoms with Crippen molar-refractivity contribution in [3.8, 4) is 0 Å². The highest BCUT2D eigenvalue weighted by molar-refractivity contribution is 5.54. The van der Waals surface area contributed by atoms with Gasteiger partial charge in [-0.3, -0.25) is 0 Å².